The van der Waals surface area contributed by atoms with Gasteiger partial charge in [-0.2, -0.15) is 0 Å². The fourth-order valence-electron chi connectivity index (χ4n) is 2.92. The molecule has 1 spiro atoms. The van der Waals surface area contributed by atoms with Crippen LogP contribution in [0.1, 0.15) is 34.1 Å². The highest BCUT2D eigenvalue weighted by molar-refractivity contribution is 4.88. The molecule has 0 saturated carbocycles. The first-order valence-corrected chi connectivity index (χ1v) is 8.45. The third kappa shape index (κ3) is 4.44. The van der Waals surface area contributed by atoms with Crippen molar-refractivity contribution in [2.75, 3.05) is 46.2 Å². The fraction of sp³-hybridized carbons (Fsp3) is 1.00. The molecule has 2 rings (SSSR count). The van der Waals surface area contributed by atoms with Crippen LogP contribution in [0.4, 0.5) is 0 Å². The molecule has 136 valence electrons. The summed E-state index contributed by atoms with van der Waals surface area (Å²) in [5, 5.41) is 19.1. The van der Waals surface area contributed by atoms with E-state index in [1.165, 1.54) is 0 Å². The SMILES string of the molecule is CC1CC2(OCC(C)(CO)CO2)C(C)COCC(C)(CO)CO1. The maximum absolute atomic E-state index is 9.58. The molecule has 6 nitrogen and oxygen atoms in total. The number of aliphatic hydroxyl groups excluding tert-OH is 2. The summed E-state index contributed by atoms with van der Waals surface area (Å²) in [6, 6.07) is 0. The van der Waals surface area contributed by atoms with E-state index >= 15 is 0 Å². The van der Waals surface area contributed by atoms with Gasteiger partial charge in [0.05, 0.1) is 52.4 Å². The summed E-state index contributed by atoms with van der Waals surface area (Å²) in [6.45, 7) is 10.3. The van der Waals surface area contributed by atoms with Gasteiger partial charge in [0, 0.05) is 23.2 Å². The van der Waals surface area contributed by atoms with Crippen LogP contribution in [0.2, 0.25) is 0 Å². The molecule has 3 unspecified atom stereocenters. The molecule has 0 aromatic carbocycles. The molecule has 0 bridgehead atoms. The second kappa shape index (κ2) is 7.33. The highest BCUT2D eigenvalue weighted by Gasteiger charge is 2.47. The molecule has 2 fully saturated rings. The number of hydrogen-bond donors (Lipinski definition) is 2. The van der Waals surface area contributed by atoms with Crippen molar-refractivity contribution >= 4 is 0 Å². The topological polar surface area (TPSA) is 77.4 Å². The molecule has 2 N–H and O–H groups in total. The van der Waals surface area contributed by atoms with E-state index in [0.717, 1.165) is 0 Å². The zero-order valence-electron chi connectivity index (χ0n) is 14.8. The smallest absolute Gasteiger partial charge is 0.175 e. The zero-order valence-corrected chi connectivity index (χ0v) is 14.8. The van der Waals surface area contributed by atoms with Gasteiger partial charge in [-0.1, -0.05) is 20.8 Å². The highest BCUT2D eigenvalue weighted by atomic mass is 16.7. The van der Waals surface area contributed by atoms with E-state index in [1.54, 1.807) is 0 Å². The van der Waals surface area contributed by atoms with Crippen molar-refractivity contribution in [2.45, 2.75) is 46.0 Å². The molecule has 0 aromatic rings. The number of aliphatic hydroxyl groups is 2. The molecular formula is C17H32O6. The normalized spacial score (nSPS) is 46.7. The number of ether oxygens (including phenoxy) is 4. The minimum atomic E-state index is -0.749. The second-order valence-electron chi connectivity index (χ2n) is 8.07. The zero-order chi connectivity index (χ0) is 17.1. The van der Waals surface area contributed by atoms with Crippen LogP contribution in [0.5, 0.6) is 0 Å². The average Bonchev–Trinajstić information content (AvgIpc) is 2.55. The summed E-state index contributed by atoms with van der Waals surface area (Å²) >= 11 is 0. The summed E-state index contributed by atoms with van der Waals surface area (Å²) in [5.74, 6) is -0.723. The lowest BCUT2D eigenvalue weighted by atomic mass is 9.88. The van der Waals surface area contributed by atoms with Crippen molar-refractivity contribution in [1.82, 2.24) is 0 Å². The van der Waals surface area contributed by atoms with Gasteiger partial charge in [0.25, 0.3) is 0 Å². The Morgan fingerprint density at radius 3 is 2.04 bits per heavy atom. The maximum Gasteiger partial charge on any atom is 0.175 e. The summed E-state index contributed by atoms with van der Waals surface area (Å²) in [4.78, 5) is 0. The fourth-order valence-corrected chi connectivity index (χ4v) is 2.92. The maximum atomic E-state index is 9.58. The first kappa shape index (κ1) is 19.1. The third-order valence-corrected chi connectivity index (χ3v) is 4.95. The van der Waals surface area contributed by atoms with Crippen LogP contribution in [0.15, 0.2) is 0 Å². The van der Waals surface area contributed by atoms with Crippen molar-refractivity contribution in [2.24, 2.45) is 16.7 Å². The van der Waals surface area contributed by atoms with Gasteiger partial charge >= 0.3 is 0 Å². The van der Waals surface area contributed by atoms with Crippen molar-refractivity contribution in [3.05, 3.63) is 0 Å². The molecule has 2 saturated heterocycles. The van der Waals surface area contributed by atoms with Gasteiger partial charge in [-0.25, -0.2) is 0 Å². The Morgan fingerprint density at radius 1 is 0.913 bits per heavy atom. The molecular weight excluding hydrogens is 300 g/mol. The standard InChI is InChI=1S/C17H32O6/c1-13-6-20-9-15(3,7-18)10-21-14(2)5-17(13)22-11-16(4,8-19)12-23-17/h13-14,18-19H,5-12H2,1-4H3. The van der Waals surface area contributed by atoms with Crippen LogP contribution in [0.25, 0.3) is 0 Å². The molecule has 2 aliphatic heterocycles. The van der Waals surface area contributed by atoms with Crippen molar-refractivity contribution in [3.8, 4) is 0 Å². The van der Waals surface area contributed by atoms with E-state index in [0.29, 0.717) is 39.5 Å². The van der Waals surface area contributed by atoms with E-state index in [9.17, 15) is 10.2 Å². The van der Waals surface area contributed by atoms with E-state index < -0.39 is 5.79 Å². The molecule has 2 heterocycles. The third-order valence-electron chi connectivity index (χ3n) is 4.95. The van der Waals surface area contributed by atoms with Crippen LogP contribution in [-0.4, -0.2) is 68.4 Å². The molecule has 23 heavy (non-hydrogen) atoms. The molecule has 0 radical (unpaired) electrons. The Morgan fingerprint density at radius 2 is 1.48 bits per heavy atom. The quantitative estimate of drug-likeness (QED) is 0.791. The lowest BCUT2D eigenvalue weighted by Gasteiger charge is -2.48. The van der Waals surface area contributed by atoms with E-state index in [-0.39, 0.29) is 36.1 Å². The van der Waals surface area contributed by atoms with Crippen LogP contribution < -0.4 is 0 Å². The van der Waals surface area contributed by atoms with E-state index in [4.69, 9.17) is 18.9 Å². The molecule has 6 heteroatoms. The van der Waals surface area contributed by atoms with Gasteiger partial charge in [-0.15, -0.1) is 0 Å². The Balaban J connectivity index is 2.09. The number of hydrogen-bond acceptors (Lipinski definition) is 6. The summed E-state index contributed by atoms with van der Waals surface area (Å²) in [7, 11) is 0. The average molecular weight is 332 g/mol. The summed E-state index contributed by atoms with van der Waals surface area (Å²) < 4.78 is 24.0. The first-order chi connectivity index (χ1) is 10.8. The predicted octanol–water partition coefficient (Wildman–Crippen LogP) is 1.19. The Hall–Kier alpha value is -0.240. The van der Waals surface area contributed by atoms with Gasteiger partial charge < -0.3 is 29.2 Å². The molecule has 2 aliphatic rings. The highest BCUT2D eigenvalue weighted by Crippen LogP contribution is 2.39. The van der Waals surface area contributed by atoms with Crippen LogP contribution in [0, 0.1) is 16.7 Å². The molecule has 0 amide bonds. The van der Waals surface area contributed by atoms with Crippen LogP contribution in [0.3, 0.4) is 0 Å². The van der Waals surface area contributed by atoms with Gasteiger partial charge in [-0.05, 0) is 6.92 Å². The first-order valence-electron chi connectivity index (χ1n) is 8.45. The van der Waals surface area contributed by atoms with E-state index in [1.807, 2.05) is 27.7 Å². The lowest BCUT2D eigenvalue weighted by molar-refractivity contribution is -0.341. The number of rotatable bonds is 2. The molecule has 0 aromatic heterocycles. The van der Waals surface area contributed by atoms with Gasteiger partial charge in [-0.3, -0.25) is 0 Å². The van der Waals surface area contributed by atoms with E-state index in [2.05, 4.69) is 0 Å². The monoisotopic (exact) mass is 332 g/mol. The predicted molar refractivity (Wildman–Crippen MR) is 85.0 cm³/mol. The van der Waals surface area contributed by atoms with Crippen molar-refractivity contribution in [3.63, 3.8) is 0 Å². The largest absolute Gasteiger partial charge is 0.396 e. The van der Waals surface area contributed by atoms with Crippen molar-refractivity contribution in [1.29, 1.82) is 0 Å². The Bertz CT molecular complexity index is 379. The Kier molecular flexibility index (Phi) is 6.09. The van der Waals surface area contributed by atoms with Crippen LogP contribution in [-0.2, 0) is 18.9 Å². The van der Waals surface area contributed by atoms with Crippen molar-refractivity contribution < 1.29 is 29.2 Å². The van der Waals surface area contributed by atoms with Gasteiger partial charge in [0.1, 0.15) is 0 Å². The molecule has 0 aliphatic carbocycles. The molecule has 3 atom stereocenters. The summed E-state index contributed by atoms with van der Waals surface area (Å²) in [6.07, 6.45) is 0.542. The minimum Gasteiger partial charge on any atom is -0.396 e. The lowest BCUT2D eigenvalue weighted by Crippen LogP contribution is -2.56. The summed E-state index contributed by atoms with van der Waals surface area (Å²) in [5.41, 5.74) is -0.747. The Labute approximate surface area is 139 Å². The second-order valence-corrected chi connectivity index (χ2v) is 8.07. The minimum absolute atomic E-state index is 0.0258. The van der Waals surface area contributed by atoms with Crippen LogP contribution >= 0.6 is 0 Å². The van der Waals surface area contributed by atoms with Gasteiger partial charge in [0.2, 0.25) is 0 Å². The van der Waals surface area contributed by atoms with Gasteiger partial charge in [0.15, 0.2) is 5.79 Å².